The van der Waals surface area contributed by atoms with E-state index in [1.165, 1.54) is 0 Å². The molecule has 6 heteroatoms. The van der Waals surface area contributed by atoms with E-state index in [9.17, 15) is 8.42 Å². The highest BCUT2D eigenvalue weighted by molar-refractivity contribution is 7.89. The molecule has 0 bridgehead atoms. The van der Waals surface area contributed by atoms with Crippen LogP contribution in [-0.2, 0) is 16.6 Å². The van der Waals surface area contributed by atoms with E-state index in [0.717, 1.165) is 37.9 Å². The fourth-order valence-corrected chi connectivity index (χ4v) is 4.06. The number of aromatic nitrogens is 1. The molecule has 0 spiro atoms. The summed E-state index contributed by atoms with van der Waals surface area (Å²) < 4.78 is 27.6. The van der Waals surface area contributed by atoms with Gasteiger partial charge in [0.05, 0.1) is 4.90 Å². The number of hydrogen-bond acceptors (Lipinski definition) is 3. The molecule has 1 aliphatic carbocycles. The lowest BCUT2D eigenvalue weighted by Crippen LogP contribution is -2.39. The summed E-state index contributed by atoms with van der Waals surface area (Å²) in [7, 11) is -3.41. The lowest BCUT2D eigenvalue weighted by atomic mass is 9.76. The largest absolute Gasteiger partial charge is 0.363 e. The fraction of sp³-hybridized carbons (Fsp3) is 0.733. The van der Waals surface area contributed by atoms with Crippen molar-refractivity contribution in [3.63, 3.8) is 0 Å². The Morgan fingerprint density at radius 1 is 1.33 bits per heavy atom. The van der Waals surface area contributed by atoms with Gasteiger partial charge in [0.15, 0.2) is 0 Å². The molecule has 0 atom stereocenters. The van der Waals surface area contributed by atoms with Crippen LogP contribution < -0.4 is 10.0 Å². The average Bonchev–Trinajstić information content (AvgIpc) is 2.88. The Hall–Kier alpha value is -0.850. The van der Waals surface area contributed by atoms with Crippen LogP contribution in [0.25, 0.3) is 0 Å². The van der Waals surface area contributed by atoms with Crippen LogP contribution in [-0.4, -0.2) is 26.0 Å². The second kappa shape index (κ2) is 6.50. The summed E-state index contributed by atoms with van der Waals surface area (Å²) in [6, 6.07) is 1.77. The van der Waals surface area contributed by atoms with Crippen LogP contribution in [0.5, 0.6) is 0 Å². The number of rotatable bonds is 6. The number of nitrogens with one attached hydrogen (secondary N) is 3. The lowest BCUT2D eigenvalue weighted by molar-refractivity contribution is 0.218. The van der Waals surface area contributed by atoms with Crippen molar-refractivity contribution < 1.29 is 8.42 Å². The van der Waals surface area contributed by atoms with Crippen LogP contribution in [0.4, 0.5) is 0 Å². The first-order valence-corrected chi connectivity index (χ1v) is 9.21. The predicted octanol–water partition coefficient (Wildman–Crippen LogP) is 2.37. The van der Waals surface area contributed by atoms with Gasteiger partial charge in [-0.2, -0.15) is 0 Å². The smallest absolute Gasteiger partial charge is 0.242 e. The normalized spacial score (nSPS) is 19.8. The van der Waals surface area contributed by atoms with Crippen molar-refractivity contribution in [3.8, 4) is 0 Å². The van der Waals surface area contributed by atoms with Crippen molar-refractivity contribution in [3.05, 3.63) is 18.0 Å². The Labute approximate surface area is 128 Å². The number of sulfonamides is 1. The molecule has 0 amide bonds. The first kappa shape index (κ1) is 16.5. The first-order chi connectivity index (χ1) is 9.82. The highest BCUT2D eigenvalue weighted by Crippen LogP contribution is 2.35. The summed E-state index contributed by atoms with van der Waals surface area (Å²) in [4.78, 5) is 3.35. The monoisotopic (exact) mass is 313 g/mol. The minimum atomic E-state index is -3.41. The Bertz CT molecular complexity index is 553. The van der Waals surface area contributed by atoms with Crippen LogP contribution in [0.2, 0.25) is 0 Å². The van der Waals surface area contributed by atoms with Crippen molar-refractivity contribution in [2.75, 3.05) is 6.54 Å². The first-order valence-electron chi connectivity index (χ1n) is 7.73. The molecule has 0 radical (unpaired) electrons. The van der Waals surface area contributed by atoms with E-state index in [1.807, 2.05) is 6.92 Å². The molecule has 3 N–H and O–H groups in total. The Kier molecular flexibility index (Phi) is 5.11. The summed E-state index contributed by atoms with van der Waals surface area (Å²) >= 11 is 0. The molecule has 21 heavy (non-hydrogen) atoms. The quantitative estimate of drug-likeness (QED) is 0.755. The number of H-pyrrole nitrogens is 1. The van der Waals surface area contributed by atoms with Crippen LogP contribution >= 0.6 is 0 Å². The Morgan fingerprint density at radius 3 is 2.62 bits per heavy atom. The molecule has 1 fully saturated rings. The van der Waals surface area contributed by atoms with Crippen molar-refractivity contribution in [2.24, 2.45) is 5.41 Å². The summed E-state index contributed by atoms with van der Waals surface area (Å²) in [6.07, 6.45) is 5.54. The molecule has 1 heterocycles. The summed E-state index contributed by atoms with van der Waals surface area (Å²) in [5.41, 5.74) is 1.23. The van der Waals surface area contributed by atoms with Gasteiger partial charge in [0.25, 0.3) is 0 Å². The highest BCUT2D eigenvalue weighted by atomic mass is 32.2. The third-order valence-corrected chi connectivity index (χ3v) is 5.75. The average molecular weight is 313 g/mol. The number of aromatic amines is 1. The molecule has 120 valence electrons. The molecule has 0 aromatic carbocycles. The second-order valence-corrected chi connectivity index (χ2v) is 8.41. The summed E-state index contributed by atoms with van der Waals surface area (Å²) in [5, 5.41) is 3.17. The van der Waals surface area contributed by atoms with Gasteiger partial charge < -0.3 is 10.3 Å². The number of hydrogen-bond donors (Lipinski definition) is 3. The molecule has 5 nitrogen and oxygen atoms in total. The predicted molar refractivity (Wildman–Crippen MR) is 84.5 cm³/mol. The SMILES string of the molecule is CCNCc1cc(S(=O)(=O)NC2CCC(C)(C)CC2)c[nH]1. The minimum Gasteiger partial charge on any atom is -0.363 e. The highest BCUT2D eigenvalue weighted by Gasteiger charge is 2.29. The molecule has 0 unspecified atom stereocenters. The maximum absolute atomic E-state index is 12.4. The molecule has 1 aromatic heterocycles. The van der Waals surface area contributed by atoms with Crippen LogP contribution in [0.3, 0.4) is 0 Å². The van der Waals surface area contributed by atoms with E-state index in [2.05, 4.69) is 28.9 Å². The van der Waals surface area contributed by atoms with E-state index >= 15 is 0 Å². The summed E-state index contributed by atoms with van der Waals surface area (Å²) in [5.74, 6) is 0. The maximum atomic E-state index is 12.4. The van der Waals surface area contributed by atoms with E-state index in [4.69, 9.17) is 0 Å². The Morgan fingerprint density at radius 2 is 2.00 bits per heavy atom. The van der Waals surface area contributed by atoms with Gasteiger partial charge in [0.2, 0.25) is 10.0 Å². The summed E-state index contributed by atoms with van der Waals surface area (Å²) in [6.45, 7) is 8.03. The fourth-order valence-electron chi connectivity index (χ4n) is 2.74. The van der Waals surface area contributed by atoms with Crippen LogP contribution in [0.1, 0.15) is 52.1 Å². The van der Waals surface area contributed by atoms with Crippen molar-refractivity contribution in [1.82, 2.24) is 15.0 Å². The molecule has 1 aliphatic rings. The lowest BCUT2D eigenvalue weighted by Gasteiger charge is -2.34. The minimum absolute atomic E-state index is 0.0649. The van der Waals surface area contributed by atoms with Gasteiger partial charge >= 0.3 is 0 Å². The Balaban J connectivity index is 1.97. The molecule has 0 saturated heterocycles. The molecule has 2 rings (SSSR count). The topological polar surface area (TPSA) is 74.0 Å². The van der Waals surface area contributed by atoms with Gasteiger partial charge in [0.1, 0.15) is 0 Å². The standard InChI is InChI=1S/C15H27N3O2S/c1-4-16-10-13-9-14(11-17-13)21(19,20)18-12-5-7-15(2,3)8-6-12/h9,11-12,16-18H,4-8,10H2,1-3H3. The zero-order chi connectivity index (χ0) is 15.5. The van der Waals surface area contributed by atoms with Gasteiger partial charge in [0, 0.05) is 24.5 Å². The van der Waals surface area contributed by atoms with Crippen LogP contribution in [0.15, 0.2) is 17.2 Å². The van der Waals surface area contributed by atoms with E-state index in [1.54, 1.807) is 12.3 Å². The maximum Gasteiger partial charge on any atom is 0.242 e. The zero-order valence-corrected chi connectivity index (χ0v) is 14.0. The van der Waals surface area contributed by atoms with Gasteiger partial charge in [-0.05, 0) is 43.7 Å². The zero-order valence-electron chi connectivity index (χ0n) is 13.2. The van der Waals surface area contributed by atoms with Gasteiger partial charge in [-0.3, -0.25) is 0 Å². The molecule has 1 saturated carbocycles. The van der Waals surface area contributed by atoms with E-state index in [-0.39, 0.29) is 6.04 Å². The van der Waals surface area contributed by atoms with E-state index in [0.29, 0.717) is 16.9 Å². The molecule has 0 aliphatic heterocycles. The van der Waals surface area contributed by atoms with Gasteiger partial charge in [-0.25, -0.2) is 13.1 Å². The van der Waals surface area contributed by atoms with Gasteiger partial charge in [-0.15, -0.1) is 0 Å². The second-order valence-electron chi connectivity index (χ2n) is 6.70. The van der Waals surface area contributed by atoms with Crippen molar-refractivity contribution in [1.29, 1.82) is 0 Å². The van der Waals surface area contributed by atoms with Crippen molar-refractivity contribution in [2.45, 2.75) is 63.9 Å². The van der Waals surface area contributed by atoms with Crippen LogP contribution in [0, 0.1) is 5.41 Å². The molecular formula is C15H27N3O2S. The van der Waals surface area contributed by atoms with Crippen molar-refractivity contribution >= 4 is 10.0 Å². The third-order valence-electron chi connectivity index (χ3n) is 4.25. The van der Waals surface area contributed by atoms with E-state index < -0.39 is 10.0 Å². The molecule has 1 aromatic rings. The molecular weight excluding hydrogens is 286 g/mol. The van der Waals surface area contributed by atoms with Gasteiger partial charge in [-0.1, -0.05) is 20.8 Å². The third kappa shape index (κ3) is 4.56.